The van der Waals surface area contributed by atoms with Gasteiger partial charge in [0.05, 0.1) is 10.6 Å². The van der Waals surface area contributed by atoms with Crippen LogP contribution in [0.25, 0.3) is 0 Å². The first-order chi connectivity index (χ1) is 16.5. The Kier molecular flexibility index (Phi) is 6.16. The average Bonchev–Trinajstić information content (AvgIpc) is 3.29. The number of benzene rings is 2. The number of hydrogen-bond acceptors (Lipinski definition) is 9. The van der Waals surface area contributed by atoms with Gasteiger partial charge in [-0.3, -0.25) is 15.0 Å². The van der Waals surface area contributed by atoms with Gasteiger partial charge in [-0.1, -0.05) is 22.0 Å². The molecule has 1 aromatic heterocycles. The number of nitro groups is 1. The Labute approximate surface area is 202 Å². The van der Waals surface area contributed by atoms with Crippen molar-refractivity contribution in [1.29, 1.82) is 0 Å². The summed E-state index contributed by atoms with van der Waals surface area (Å²) < 4.78 is 25.7. The molecule has 10 nitrogen and oxygen atoms in total. The van der Waals surface area contributed by atoms with Crippen molar-refractivity contribution in [1.82, 2.24) is 14.9 Å². The first-order valence-corrected chi connectivity index (χ1v) is 11.3. The number of fused-ring (bicyclic) bond motifs is 1. The van der Waals surface area contributed by atoms with Crippen LogP contribution >= 0.6 is 15.9 Å². The molecule has 0 bridgehead atoms. The van der Waals surface area contributed by atoms with Gasteiger partial charge in [-0.05, 0) is 35.9 Å². The number of nitrogens with one attached hydrogen (secondary N) is 1. The molecule has 1 saturated heterocycles. The molecule has 12 heteroatoms. The number of rotatable bonds is 6. The highest BCUT2D eigenvalue weighted by Crippen LogP contribution is 2.36. The number of piperazine rings is 1. The summed E-state index contributed by atoms with van der Waals surface area (Å²) in [7, 11) is 0. The van der Waals surface area contributed by atoms with E-state index < -0.39 is 10.7 Å². The van der Waals surface area contributed by atoms with Crippen molar-refractivity contribution >= 4 is 38.9 Å². The van der Waals surface area contributed by atoms with Crippen LogP contribution in [0.3, 0.4) is 0 Å². The molecule has 0 atom stereocenters. The molecule has 2 aliphatic heterocycles. The van der Waals surface area contributed by atoms with Crippen LogP contribution in [0, 0.1) is 15.9 Å². The van der Waals surface area contributed by atoms with Gasteiger partial charge in [0.1, 0.15) is 12.1 Å². The molecule has 0 unspecified atom stereocenters. The normalized spacial score (nSPS) is 15.4. The van der Waals surface area contributed by atoms with Gasteiger partial charge < -0.3 is 19.7 Å². The molecule has 2 aromatic carbocycles. The Balaban J connectivity index is 1.30. The SMILES string of the molecule is O=[N+]([O-])c1c(Nc2ccc(Br)cc2F)ncnc1N1CCN(Cc2ccc3c(c2)OCO3)CC1. The molecular weight excluding hydrogens is 511 g/mol. The van der Waals surface area contributed by atoms with Crippen LogP contribution in [0.2, 0.25) is 0 Å². The van der Waals surface area contributed by atoms with Gasteiger partial charge in [-0.15, -0.1) is 0 Å². The Hall–Kier alpha value is -3.51. The van der Waals surface area contributed by atoms with Crippen LogP contribution in [-0.4, -0.2) is 52.8 Å². The topological polar surface area (TPSA) is 106 Å². The summed E-state index contributed by atoms with van der Waals surface area (Å²) in [6.07, 6.45) is 1.25. The number of aromatic nitrogens is 2. The van der Waals surface area contributed by atoms with Crippen molar-refractivity contribution in [3.8, 4) is 11.5 Å². The van der Waals surface area contributed by atoms with Crippen LogP contribution in [-0.2, 0) is 6.54 Å². The van der Waals surface area contributed by atoms with E-state index in [-0.39, 0.29) is 29.8 Å². The average molecular weight is 531 g/mol. The van der Waals surface area contributed by atoms with Crippen LogP contribution in [0.5, 0.6) is 11.5 Å². The van der Waals surface area contributed by atoms with Gasteiger partial charge in [0.2, 0.25) is 18.4 Å². The smallest absolute Gasteiger partial charge is 0.353 e. The molecule has 1 N–H and O–H groups in total. The first-order valence-electron chi connectivity index (χ1n) is 10.6. The van der Waals surface area contributed by atoms with E-state index in [1.165, 1.54) is 18.5 Å². The van der Waals surface area contributed by atoms with Crippen LogP contribution in [0.1, 0.15) is 5.56 Å². The minimum Gasteiger partial charge on any atom is -0.454 e. The third kappa shape index (κ3) is 4.59. The molecule has 5 rings (SSSR count). The summed E-state index contributed by atoms with van der Waals surface area (Å²) in [5.41, 5.74) is 0.910. The maximum atomic E-state index is 14.3. The second-order valence-electron chi connectivity index (χ2n) is 7.85. The molecule has 0 aliphatic carbocycles. The van der Waals surface area contributed by atoms with Crippen LogP contribution in [0.15, 0.2) is 47.2 Å². The Bertz CT molecular complexity index is 1240. The number of halogens is 2. The molecule has 0 amide bonds. The minimum absolute atomic E-state index is 0.0565. The maximum absolute atomic E-state index is 14.3. The van der Waals surface area contributed by atoms with Gasteiger partial charge >= 0.3 is 5.69 Å². The Morgan fingerprint density at radius 1 is 1.09 bits per heavy atom. The van der Waals surface area contributed by atoms with Crippen molar-refractivity contribution < 1.29 is 18.8 Å². The van der Waals surface area contributed by atoms with E-state index in [0.29, 0.717) is 30.7 Å². The van der Waals surface area contributed by atoms with Gasteiger partial charge in [0.15, 0.2) is 11.5 Å². The monoisotopic (exact) mass is 530 g/mol. The molecule has 1 fully saturated rings. The van der Waals surface area contributed by atoms with Crippen molar-refractivity contribution in [3.63, 3.8) is 0 Å². The molecule has 0 saturated carbocycles. The van der Waals surface area contributed by atoms with E-state index in [1.54, 1.807) is 6.07 Å². The standard InChI is InChI=1S/C22H20BrFN6O4/c23-15-2-3-17(16(24)10-15)27-21-20(30(31)32)22(26-12-25-21)29-7-5-28(6-8-29)11-14-1-4-18-19(9-14)34-13-33-18/h1-4,9-10,12H,5-8,11,13H2,(H,25,26,27). The highest BCUT2D eigenvalue weighted by Gasteiger charge is 2.30. The number of ether oxygens (including phenoxy) is 2. The summed E-state index contributed by atoms with van der Waals surface area (Å²) >= 11 is 3.20. The zero-order valence-electron chi connectivity index (χ0n) is 17.9. The van der Waals surface area contributed by atoms with E-state index in [2.05, 4.69) is 36.1 Å². The van der Waals surface area contributed by atoms with Gasteiger partial charge in [-0.25, -0.2) is 14.4 Å². The first kappa shape index (κ1) is 22.3. The predicted octanol–water partition coefficient (Wildman–Crippen LogP) is 4.08. The quantitative estimate of drug-likeness (QED) is 0.372. The summed E-state index contributed by atoms with van der Waals surface area (Å²) in [4.78, 5) is 23.7. The van der Waals surface area contributed by atoms with Crippen molar-refractivity contribution in [2.75, 3.05) is 43.2 Å². The Morgan fingerprint density at radius 2 is 1.88 bits per heavy atom. The lowest BCUT2D eigenvalue weighted by Crippen LogP contribution is -2.46. The molecule has 176 valence electrons. The zero-order valence-corrected chi connectivity index (χ0v) is 19.5. The van der Waals surface area contributed by atoms with Crippen LogP contribution in [0.4, 0.5) is 27.4 Å². The lowest BCUT2D eigenvalue weighted by Gasteiger charge is -2.35. The largest absolute Gasteiger partial charge is 0.454 e. The number of nitrogens with zero attached hydrogens (tertiary/aromatic N) is 5. The lowest BCUT2D eigenvalue weighted by atomic mass is 10.1. The summed E-state index contributed by atoms with van der Waals surface area (Å²) in [6.45, 7) is 3.45. The van der Waals surface area contributed by atoms with E-state index in [4.69, 9.17) is 9.47 Å². The minimum atomic E-state index is -0.555. The Morgan fingerprint density at radius 3 is 2.65 bits per heavy atom. The molecule has 3 heterocycles. The van der Waals surface area contributed by atoms with Gasteiger partial charge in [0.25, 0.3) is 0 Å². The fraction of sp³-hybridized carbons (Fsp3) is 0.273. The predicted molar refractivity (Wildman–Crippen MR) is 126 cm³/mol. The second kappa shape index (κ2) is 9.39. The molecule has 2 aliphatic rings. The number of anilines is 3. The highest BCUT2D eigenvalue weighted by atomic mass is 79.9. The molecular formula is C22H20BrFN6O4. The number of hydrogen-bond donors (Lipinski definition) is 1. The zero-order chi connectivity index (χ0) is 23.7. The highest BCUT2D eigenvalue weighted by molar-refractivity contribution is 9.10. The summed E-state index contributed by atoms with van der Waals surface area (Å²) in [6, 6.07) is 10.3. The lowest BCUT2D eigenvalue weighted by molar-refractivity contribution is -0.383. The summed E-state index contributed by atoms with van der Waals surface area (Å²) in [5, 5.41) is 14.7. The van der Waals surface area contributed by atoms with Gasteiger partial charge in [-0.2, -0.15) is 0 Å². The molecule has 0 radical (unpaired) electrons. The van der Waals surface area contributed by atoms with E-state index >= 15 is 0 Å². The molecule has 3 aromatic rings. The summed E-state index contributed by atoms with van der Waals surface area (Å²) in [5.74, 6) is 1.09. The van der Waals surface area contributed by atoms with Crippen molar-refractivity contribution in [2.45, 2.75) is 6.54 Å². The van der Waals surface area contributed by atoms with Gasteiger partial charge in [0, 0.05) is 37.2 Å². The van der Waals surface area contributed by atoms with Crippen molar-refractivity contribution in [2.24, 2.45) is 0 Å². The molecule has 0 spiro atoms. The van der Waals surface area contributed by atoms with Crippen molar-refractivity contribution in [3.05, 3.63) is 68.7 Å². The fourth-order valence-corrected chi connectivity index (χ4v) is 4.33. The van der Waals surface area contributed by atoms with E-state index in [9.17, 15) is 14.5 Å². The van der Waals surface area contributed by atoms with Crippen LogP contribution < -0.4 is 19.7 Å². The third-order valence-electron chi connectivity index (χ3n) is 5.68. The second-order valence-corrected chi connectivity index (χ2v) is 8.77. The van der Waals surface area contributed by atoms with E-state index in [1.807, 2.05) is 23.1 Å². The maximum Gasteiger partial charge on any atom is 0.353 e. The fourth-order valence-electron chi connectivity index (χ4n) is 3.99. The third-order valence-corrected chi connectivity index (χ3v) is 6.18. The van der Waals surface area contributed by atoms with E-state index in [0.717, 1.165) is 23.6 Å². The molecule has 34 heavy (non-hydrogen) atoms.